The average molecular weight is 243 g/mol. The minimum Gasteiger partial charge on any atom is -0.326 e. The minimum atomic E-state index is 0.0751. The normalized spacial score (nSPS) is 10.3. The fourth-order valence-corrected chi connectivity index (χ4v) is 1.71. The zero-order valence-electron chi connectivity index (χ0n) is 10.4. The quantitative estimate of drug-likeness (QED) is 0.847. The molecule has 18 heavy (non-hydrogen) atoms. The molecule has 2 N–H and O–H groups in total. The molecule has 0 atom stereocenters. The van der Waals surface area contributed by atoms with Gasteiger partial charge in [0.1, 0.15) is 0 Å². The maximum absolute atomic E-state index is 11.6. The Kier molecular flexibility index (Phi) is 4.12. The van der Waals surface area contributed by atoms with E-state index in [2.05, 4.69) is 22.4 Å². The number of hydrogen-bond acceptors (Lipinski definition) is 2. The van der Waals surface area contributed by atoms with Crippen LogP contribution in [0.2, 0.25) is 0 Å². The summed E-state index contributed by atoms with van der Waals surface area (Å²) in [7, 11) is 0. The molecule has 0 spiro atoms. The van der Waals surface area contributed by atoms with Gasteiger partial charge in [-0.3, -0.25) is 9.89 Å². The molecule has 0 aliphatic rings. The van der Waals surface area contributed by atoms with E-state index in [0.717, 1.165) is 29.8 Å². The number of nitrogens with one attached hydrogen (secondary N) is 2. The molecule has 2 rings (SSSR count). The summed E-state index contributed by atoms with van der Waals surface area (Å²) in [5.74, 6) is 0.0751. The van der Waals surface area contributed by atoms with Crippen molar-refractivity contribution in [2.75, 3.05) is 5.32 Å². The smallest absolute Gasteiger partial charge is 0.224 e. The largest absolute Gasteiger partial charge is 0.326 e. The molecule has 1 amide bonds. The summed E-state index contributed by atoms with van der Waals surface area (Å²) in [5.41, 5.74) is 2.86. The molecule has 1 aromatic heterocycles. The lowest BCUT2D eigenvalue weighted by Gasteiger charge is -2.05. The number of hydrogen-bond donors (Lipinski definition) is 2. The number of aromatic nitrogens is 2. The summed E-state index contributed by atoms with van der Waals surface area (Å²) in [5, 5.41) is 9.70. The molecular formula is C14H17N3O. The zero-order valence-corrected chi connectivity index (χ0v) is 10.4. The lowest BCUT2D eigenvalue weighted by atomic mass is 10.1. The summed E-state index contributed by atoms with van der Waals surface area (Å²) in [6, 6.07) is 9.64. The Balaban J connectivity index is 1.98. The number of nitrogens with zero attached hydrogens (tertiary/aromatic N) is 1. The molecule has 4 heteroatoms. The van der Waals surface area contributed by atoms with Crippen LogP contribution in [0.5, 0.6) is 0 Å². The lowest BCUT2D eigenvalue weighted by Crippen LogP contribution is -2.10. The van der Waals surface area contributed by atoms with E-state index >= 15 is 0 Å². The van der Waals surface area contributed by atoms with Gasteiger partial charge in [-0.05, 0) is 30.2 Å². The van der Waals surface area contributed by atoms with Crippen LogP contribution in [-0.4, -0.2) is 16.1 Å². The molecule has 0 fully saturated rings. The van der Waals surface area contributed by atoms with Gasteiger partial charge >= 0.3 is 0 Å². The summed E-state index contributed by atoms with van der Waals surface area (Å²) in [4.78, 5) is 11.6. The minimum absolute atomic E-state index is 0.0751. The SMILES string of the molecule is CCCCC(=O)Nc1ccc(-c2ccn[nH]2)cc1. The van der Waals surface area contributed by atoms with Gasteiger partial charge in [0.05, 0.1) is 5.69 Å². The molecule has 94 valence electrons. The van der Waals surface area contributed by atoms with Crippen molar-refractivity contribution in [2.45, 2.75) is 26.2 Å². The van der Waals surface area contributed by atoms with Gasteiger partial charge in [0.15, 0.2) is 0 Å². The molecule has 4 nitrogen and oxygen atoms in total. The number of aromatic amines is 1. The Morgan fingerprint density at radius 1 is 1.28 bits per heavy atom. The third-order valence-corrected chi connectivity index (χ3v) is 2.74. The van der Waals surface area contributed by atoms with Crippen molar-refractivity contribution in [1.29, 1.82) is 0 Å². The second kappa shape index (κ2) is 6.00. The standard InChI is InChI=1S/C14H17N3O/c1-2-3-4-14(18)16-12-7-5-11(6-8-12)13-9-10-15-17-13/h5-10H,2-4H2,1H3,(H,15,17)(H,16,18). The maximum Gasteiger partial charge on any atom is 0.224 e. The number of unbranched alkanes of at least 4 members (excludes halogenated alkanes) is 1. The van der Waals surface area contributed by atoms with Crippen molar-refractivity contribution in [2.24, 2.45) is 0 Å². The van der Waals surface area contributed by atoms with E-state index in [4.69, 9.17) is 0 Å². The Morgan fingerprint density at radius 2 is 2.06 bits per heavy atom. The van der Waals surface area contributed by atoms with Crippen molar-refractivity contribution < 1.29 is 4.79 Å². The van der Waals surface area contributed by atoms with Crippen LogP contribution in [0, 0.1) is 0 Å². The summed E-state index contributed by atoms with van der Waals surface area (Å²) in [6.45, 7) is 2.08. The number of amides is 1. The van der Waals surface area contributed by atoms with E-state index in [1.807, 2.05) is 30.3 Å². The molecular weight excluding hydrogens is 226 g/mol. The summed E-state index contributed by atoms with van der Waals surface area (Å²) >= 11 is 0. The van der Waals surface area contributed by atoms with Crippen LogP contribution in [0.1, 0.15) is 26.2 Å². The van der Waals surface area contributed by atoms with Crippen LogP contribution < -0.4 is 5.32 Å². The number of rotatable bonds is 5. The highest BCUT2D eigenvalue weighted by Crippen LogP contribution is 2.18. The molecule has 1 heterocycles. The fraction of sp³-hybridized carbons (Fsp3) is 0.286. The average Bonchev–Trinajstić information content (AvgIpc) is 2.91. The van der Waals surface area contributed by atoms with Crippen molar-refractivity contribution in [3.8, 4) is 11.3 Å². The Hall–Kier alpha value is -2.10. The third kappa shape index (κ3) is 3.20. The van der Waals surface area contributed by atoms with Crippen molar-refractivity contribution in [1.82, 2.24) is 10.2 Å². The number of carbonyl (C=O) groups is 1. The van der Waals surface area contributed by atoms with Crippen molar-refractivity contribution in [3.05, 3.63) is 36.5 Å². The fourth-order valence-electron chi connectivity index (χ4n) is 1.71. The molecule has 0 bridgehead atoms. The monoisotopic (exact) mass is 243 g/mol. The van der Waals surface area contributed by atoms with Gasteiger partial charge in [-0.15, -0.1) is 0 Å². The predicted molar refractivity (Wildman–Crippen MR) is 72.2 cm³/mol. The molecule has 2 aromatic rings. The van der Waals surface area contributed by atoms with Crippen LogP contribution in [0.15, 0.2) is 36.5 Å². The Labute approximate surface area is 106 Å². The number of benzene rings is 1. The van der Waals surface area contributed by atoms with Crippen molar-refractivity contribution in [3.63, 3.8) is 0 Å². The highest BCUT2D eigenvalue weighted by Gasteiger charge is 2.02. The van der Waals surface area contributed by atoms with E-state index in [9.17, 15) is 4.79 Å². The second-order valence-corrected chi connectivity index (χ2v) is 4.20. The van der Waals surface area contributed by atoms with Crippen LogP contribution in [0.3, 0.4) is 0 Å². The molecule has 0 aliphatic carbocycles. The number of carbonyl (C=O) groups excluding carboxylic acids is 1. The van der Waals surface area contributed by atoms with Gasteiger partial charge in [-0.2, -0.15) is 5.10 Å². The first-order valence-corrected chi connectivity index (χ1v) is 6.19. The van der Waals surface area contributed by atoms with Gasteiger partial charge in [-0.1, -0.05) is 25.5 Å². The first-order chi connectivity index (χ1) is 8.79. The van der Waals surface area contributed by atoms with Crippen LogP contribution in [0.4, 0.5) is 5.69 Å². The first kappa shape index (κ1) is 12.4. The molecule has 0 radical (unpaired) electrons. The van der Waals surface area contributed by atoms with Gasteiger partial charge < -0.3 is 5.32 Å². The van der Waals surface area contributed by atoms with E-state index in [-0.39, 0.29) is 5.91 Å². The maximum atomic E-state index is 11.6. The van der Waals surface area contributed by atoms with E-state index in [0.29, 0.717) is 6.42 Å². The topological polar surface area (TPSA) is 57.8 Å². The lowest BCUT2D eigenvalue weighted by molar-refractivity contribution is -0.116. The first-order valence-electron chi connectivity index (χ1n) is 6.19. The molecule has 0 saturated heterocycles. The number of anilines is 1. The van der Waals surface area contributed by atoms with Gasteiger partial charge in [0, 0.05) is 18.3 Å². The second-order valence-electron chi connectivity index (χ2n) is 4.20. The summed E-state index contributed by atoms with van der Waals surface area (Å²) in [6.07, 6.45) is 4.26. The van der Waals surface area contributed by atoms with E-state index in [1.54, 1.807) is 6.20 Å². The molecule has 0 saturated carbocycles. The highest BCUT2D eigenvalue weighted by molar-refractivity contribution is 5.90. The molecule has 0 unspecified atom stereocenters. The van der Waals surface area contributed by atoms with Crippen LogP contribution >= 0.6 is 0 Å². The molecule has 1 aromatic carbocycles. The van der Waals surface area contributed by atoms with Crippen molar-refractivity contribution >= 4 is 11.6 Å². The van der Waals surface area contributed by atoms with E-state index < -0.39 is 0 Å². The Morgan fingerprint density at radius 3 is 2.67 bits per heavy atom. The predicted octanol–water partition coefficient (Wildman–Crippen LogP) is 3.21. The van der Waals surface area contributed by atoms with Gasteiger partial charge in [0.25, 0.3) is 0 Å². The van der Waals surface area contributed by atoms with Gasteiger partial charge in [0.2, 0.25) is 5.91 Å². The highest BCUT2D eigenvalue weighted by atomic mass is 16.1. The summed E-state index contributed by atoms with van der Waals surface area (Å²) < 4.78 is 0. The van der Waals surface area contributed by atoms with Crippen LogP contribution in [-0.2, 0) is 4.79 Å². The zero-order chi connectivity index (χ0) is 12.8. The number of H-pyrrole nitrogens is 1. The third-order valence-electron chi connectivity index (χ3n) is 2.74. The van der Waals surface area contributed by atoms with Gasteiger partial charge in [-0.25, -0.2) is 0 Å². The van der Waals surface area contributed by atoms with E-state index in [1.165, 1.54) is 0 Å². The molecule has 0 aliphatic heterocycles. The Bertz CT molecular complexity index is 488. The van der Waals surface area contributed by atoms with Crippen LogP contribution in [0.25, 0.3) is 11.3 Å².